The lowest BCUT2D eigenvalue weighted by molar-refractivity contribution is 0.0162. The van der Waals surface area contributed by atoms with Gasteiger partial charge in [0.2, 0.25) is 0 Å². The molecule has 0 fully saturated rings. The van der Waals surface area contributed by atoms with Gasteiger partial charge < -0.3 is 9.64 Å². The van der Waals surface area contributed by atoms with Crippen molar-refractivity contribution in [1.29, 1.82) is 0 Å². The Balaban J connectivity index is 2.16. The zero-order chi connectivity index (χ0) is 13.5. The molecule has 4 nitrogen and oxygen atoms in total. The van der Waals surface area contributed by atoms with Crippen molar-refractivity contribution in [2.24, 2.45) is 0 Å². The normalized spacial score (nSPS) is 19.6. The molecule has 0 N–H and O–H groups in total. The Morgan fingerprint density at radius 2 is 2.17 bits per heavy atom. The second kappa shape index (κ2) is 4.53. The molecule has 1 unspecified atom stereocenters. The van der Waals surface area contributed by atoms with E-state index < -0.39 is 5.60 Å². The number of carbonyl (C=O) groups excluding carboxylic acids is 1. The molecule has 2 rings (SSSR count). The maximum atomic E-state index is 12.1. The third-order valence-electron chi connectivity index (χ3n) is 2.90. The van der Waals surface area contributed by atoms with Crippen LogP contribution >= 0.6 is 11.3 Å². The average Bonchev–Trinajstić information content (AvgIpc) is 2.57. The van der Waals surface area contributed by atoms with Gasteiger partial charge in [-0.3, -0.25) is 0 Å². The summed E-state index contributed by atoms with van der Waals surface area (Å²) in [5.74, 6) is 0. The molecule has 1 aliphatic rings. The SMILES string of the molecule is Cc1nc2c(s1)C(C)N(C(=O)OC(C)(C)C)CC2. The Hall–Kier alpha value is -1.10. The van der Waals surface area contributed by atoms with E-state index in [-0.39, 0.29) is 12.1 Å². The van der Waals surface area contributed by atoms with Crippen molar-refractivity contribution in [2.75, 3.05) is 6.54 Å². The number of aryl methyl sites for hydroxylation is 1. The average molecular weight is 268 g/mol. The highest BCUT2D eigenvalue weighted by Gasteiger charge is 2.32. The number of hydrogen-bond acceptors (Lipinski definition) is 4. The van der Waals surface area contributed by atoms with E-state index >= 15 is 0 Å². The lowest BCUT2D eigenvalue weighted by Crippen LogP contribution is -2.41. The minimum absolute atomic E-state index is 0.0646. The van der Waals surface area contributed by atoms with Gasteiger partial charge in [0, 0.05) is 13.0 Å². The van der Waals surface area contributed by atoms with Crippen molar-refractivity contribution in [3.63, 3.8) is 0 Å². The Morgan fingerprint density at radius 1 is 1.50 bits per heavy atom. The van der Waals surface area contributed by atoms with E-state index in [0.29, 0.717) is 6.54 Å². The zero-order valence-electron chi connectivity index (χ0n) is 11.6. The number of ether oxygens (including phenoxy) is 1. The van der Waals surface area contributed by atoms with Crippen LogP contribution in [-0.2, 0) is 11.2 Å². The quantitative estimate of drug-likeness (QED) is 0.725. The molecule has 18 heavy (non-hydrogen) atoms. The Labute approximate surface area is 112 Å². The summed E-state index contributed by atoms with van der Waals surface area (Å²) < 4.78 is 5.44. The van der Waals surface area contributed by atoms with Crippen LogP contribution in [0.2, 0.25) is 0 Å². The largest absolute Gasteiger partial charge is 0.444 e. The highest BCUT2D eigenvalue weighted by molar-refractivity contribution is 7.11. The van der Waals surface area contributed by atoms with Crippen molar-refractivity contribution in [2.45, 2.75) is 52.7 Å². The summed E-state index contributed by atoms with van der Waals surface area (Å²) in [5, 5.41) is 1.07. The molecule has 2 heterocycles. The van der Waals surface area contributed by atoms with E-state index in [4.69, 9.17) is 4.74 Å². The van der Waals surface area contributed by atoms with Gasteiger partial charge in [-0.1, -0.05) is 0 Å². The summed E-state index contributed by atoms with van der Waals surface area (Å²) in [6.45, 7) is 10.4. The van der Waals surface area contributed by atoms with Gasteiger partial charge in [0.25, 0.3) is 0 Å². The first kappa shape index (κ1) is 13.3. The standard InChI is InChI=1S/C13H20N2O2S/c1-8-11-10(14-9(2)18-11)6-7-15(8)12(16)17-13(3,4)5/h8H,6-7H2,1-5H3. The van der Waals surface area contributed by atoms with Gasteiger partial charge >= 0.3 is 6.09 Å². The maximum absolute atomic E-state index is 12.1. The van der Waals surface area contributed by atoms with Crippen LogP contribution < -0.4 is 0 Å². The Morgan fingerprint density at radius 3 is 2.78 bits per heavy atom. The van der Waals surface area contributed by atoms with Crippen LogP contribution in [0.3, 0.4) is 0 Å². The molecule has 0 saturated carbocycles. The molecule has 0 radical (unpaired) electrons. The van der Waals surface area contributed by atoms with Gasteiger partial charge in [-0.15, -0.1) is 11.3 Å². The van der Waals surface area contributed by atoms with Crippen LogP contribution in [0.1, 0.15) is 49.3 Å². The minimum atomic E-state index is -0.444. The molecule has 0 aromatic carbocycles. The number of aromatic nitrogens is 1. The third kappa shape index (κ3) is 2.66. The van der Waals surface area contributed by atoms with Crippen molar-refractivity contribution in [1.82, 2.24) is 9.88 Å². The summed E-state index contributed by atoms with van der Waals surface area (Å²) in [4.78, 5) is 19.6. The highest BCUT2D eigenvalue weighted by atomic mass is 32.1. The summed E-state index contributed by atoms with van der Waals surface area (Å²) in [5.41, 5.74) is 0.700. The van der Waals surface area contributed by atoms with Crippen LogP contribution in [0, 0.1) is 6.92 Å². The molecule has 1 atom stereocenters. The number of nitrogens with zero attached hydrogens (tertiary/aromatic N) is 2. The molecule has 1 aromatic heterocycles. The van der Waals surface area contributed by atoms with Crippen molar-refractivity contribution in [3.05, 3.63) is 15.6 Å². The molecule has 100 valence electrons. The second-order valence-electron chi connectivity index (χ2n) is 5.64. The predicted molar refractivity (Wildman–Crippen MR) is 71.9 cm³/mol. The summed E-state index contributed by atoms with van der Waals surface area (Å²) in [6, 6.07) is 0.0646. The molecule has 1 aliphatic heterocycles. The molecular weight excluding hydrogens is 248 g/mol. The van der Waals surface area contributed by atoms with Crippen LogP contribution in [0.5, 0.6) is 0 Å². The van der Waals surface area contributed by atoms with Crippen LogP contribution in [0.15, 0.2) is 0 Å². The molecule has 0 bridgehead atoms. The lowest BCUT2D eigenvalue weighted by Gasteiger charge is -2.34. The number of thiazole rings is 1. The van der Waals surface area contributed by atoms with E-state index in [1.807, 2.05) is 34.6 Å². The lowest BCUT2D eigenvalue weighted by atomic mass is 10.1. The molecule has 0 aliphatic carbocycles. The smallest absolute Gasteiger partial charge is 0.410 e. The molecule has 1 amide bonds. The number of amides is 1. The van der Waals surface area contributed by atoms with Gasteiger partial charge in [0.05, 0.1) is 21.6 Å². The van der Waals surface area contributed by atoms with Crippen LogP contribution in [-0.4, -0.2) is 28.1 Å². The highest BCUT2D eigenvalue weighted by Crippen LogP contribution is 2.34. The van der Waals surface area contributed by atoms with Gasteiger partial charge in [-0.05, 0) is 34.6 Å². The number of carbonyl (C=O) groups is 1. The zero-order valence-corrected chi connectivity index (χ0v) is 12.4. The van der Waals surface area contributed by atoms with Crippen molar-refractivity contribution in [3.8, 4) is 0 Å². The molecule has 1 aromatic rings. The first-order valence-corrected chi connectivity index (χ1v) is 7.05. The fraction of sp³-hybridized carbons (Fsp3) is 0.692. The van der Waals surface area contributed by atoms with E-state index in [1.165, 1.54) is 4.88 Å². The molecular formula is C13H20N2O2S. The van der Waals surface area contributed by atoms with Crippen molar-refractivity contribution >= 4 is 17.4 Å². The van der Waals surface area contributed by atoms with Gasteiger partial charge in [0.1, 0.15) is 5.60 Å². The van der Waals surface area contributed by atoms with Crippen LogP contribution in [0.25, 0.3) is 0 Å². The van der Waals surface area contributed by atoms with E-state index in [9.17, 15) is 4.79 Å². The van der Waals surface area contributed by atoms with Gasteiger partial charge in [-0.2, -0.15) is 0 Å². The first-order chi connectivity index (χ1) is 8.28. The number of rotatable bonds is 0. The Bertz CT molecular complexity index is 462. The molecule has 5 heteroatoms. The maximum Gasteiger partial charge on any atom is 0.410 e. The van der Waals surface area contributed by atoms with E-state index in [0.717, 1.165) is 17.1 Å². The second-order valence-corrected chi connectivity index (χ2v) is 6.88. The summed E-state index contributed by atoms with van der Waals surface area (Å²) in [7, 11) is 0. The number of fused-ring (bicyclic) bond motifs is 1. The third-order valence-corrected chi connectivity index (χ3v) is 4.08. The summed E-state index contributed by atoms with van der Waals surface area (Å²) in [6.07, 6.45) is 0.593. The number of hydrogen-bond donors (Lipinski definition) is 0. The molecule has 0 spiro atoms. The monoisotopic (exact) mass is 268 g/mol. The van der Waals surface area contributed by atoms with Crippen molar-refractivity contribution < 1.29 is 9.53 Å². The van der Waals surface area contributed by atoms with Gasteiger partial charge in [-0.25, -0.2) is 9.78 Å². The fourth-order valence-corrected chi connectivity index (χ4v) is 3.16. The van der Waals surface area contributed by atoms with E-state index in [2.05, 4.69) is 4.98 Å². The molecule has 0 saturated heterocycles. The first-order valence-electron chi connectivity index (χ1n) is 6.24. The van der Waals surface area contributed by atoms with Crippen LogP contribution in [0.4, 0.5) is 4.79 Å². The fourth-order valence-electron chi connectivity index (χ4n) is 2.12. The predicted octanol–water partition coefficient (Wildman–Crippen LogP) is 3.31. The summed E-state index contributed by atoms with van der Waals surface area (Å²) >= 11 is 1.68. The van der Waals surface area contributed by atoms with Gasteiger partial charge in [0.15, 0.2) is 0 Å². The van der Waals surface area contributed by atoms with E-state index in [1.54, 1.807) is 16.2 Å². The topological polar surface area (TPSA) is 42.4 Å². The Kier molecular flexibility index (Phi) is 3.36. The minimum Gasteiger partial charge on any atom is -0.444 e.